The average Bonchev–Trinajstić information content (AvgIpc) is 3.07. The van der Waals surface area contributed by atoms with Crippen LogP contribution in [0.2, 0.25) is 0 Å². The van der Waals surface area contributed by atoms with Gasteiger partial charge in [-0.25, -0.2) is 9.59 Å². The van der Waals surface area contributed by atoms with Crippen LogP contribution in [0.15, 0.2) is 0 Å². The van der Waals surface area contributed by atoms with Crippen LogP contribution < -0.4 is 5.32 Å². The Labute approximate surface area is 116 Å². The molecular weight excluding hydrogens is 264 g/mol. The first-order valence-electron chi connectivity index (χ1n) is 7.08. The smallest absolute Gasteiger partial charge is 0.332 e. The predicted molar refractivity (Wildman–Crippen MR) is 68.1 cm³/mol. The first kappa shape index (κ1) is 13.6. The molecule has 3 rings (SSSR count). The minimum absolute atomic E-state index is 0.0113. The summed E-state index contributed by atoms with van der Waals surface area (Å²) in [7, 11) is 0. The first-order valence-corrected chi connectivity index (χ1v) is 7.08. The molecule has 4 unspecified atom stereocenters. The molecule has 4 atom stereocenters. The second kappa shape index (κ2) is 4.89. The van der Waals surface area contributed by atoms with E-state index in [0.717, 1.165) is 12.8 Å². The van der Waals surface area contributed by atoms with Crippen LogP contribution in [0.3, 0.4) is 0 Å². The Morgan fingerprint density at radius 3 is 2.70 bits per heavy atom. The topological polar surface area (TPSA) is 99.1 Å². The number of carboxylic acids is 1. The van der Waals surface area contributed by atoms with E-state index < -0.39 is 11.5 Å². The number of ether oxygens (including phenoxy) is 1. The summed E-state index contributed by atoms with van der Waals surface area (Å²) in [4.78, 5) is 25.3. The maximum absolute atomic E-state index is 12.3. The third-order valence-electron chi connectivity index (χ3n) is 4.88. The van der Waals surface area contributed by atoms with Crippen LogP contribution in [0.4, 0.5) is 4.79 Å². The van der Waals surface area contributed by atoms with Gasteiger partial charge in [0, 0.05) is 32.0 Å². The molecule has 3 aliphatic rings. The van der Waals surface area contributed by atoms with Crippen molar-refractivity contribution in [3.05, 3.63) is 0 Å². The van der Waals surface area contributed by atoms with Gasteiger partial charge in [0.2, 0.25) is 0 Å². The third kappa shape index (κ3) is 2.14. The van der Waals surface area contributed by atoms with Crippen molar-refractivity contribution in [2.75, 3.05) is 26.3 Å². The summed E-state index contributed by atoms with van der Waals surface area (Å²) in [5.74, 6) is -0.569. The van der Waals surface area contributed by atoms with Crippen LogP contribution >= 0.6 is 0 Å². The van der Waals surface area contributed by atoms with E-state index in [9.17, 15) is 19.8 Å². The summed E-state index contributed by atoms with van der Waals surface area (Å²) >= 11 is 0. The molecule has 20 heavy (non-hydrogen) atoms. The van der Waals surface area contributed by atoms with Crippen molar-refractivity contribution >= 4 is 12.0 Å². The predicted octanol–water partition coefficient (Wildman–Crippen LogP) is -0.358. The number of hydrogen-bond acceptors (Lipinski definition) is 4. The van der Waals surface area contributed by atoms with E-state index in [1.807, 2.05) is 0 Å². The van der Waals surface area contributed by atoms with Crippen molar-refractivity contribution in [2.45, 2.75) is 30.9 Å². The third-order valence-corrected chi connectivity index (χ3v) is 4.88. The highest BCUT2D eigenvalue weighted by atomic mass is 16.5. The number of urea groups is 1. The van der Waals surface area contributed by atoms with Gasteiger partial charge in [-0.3, -0.25) is 0 Å². The number of carboxylic acid groups (broad SMARTS) is 1. The highest BCUT2D eigenvalue weighted by Crippen LogP contribution is 2.38. The Morgan fingerprint density at radius 1 is 1.30 bits per heavy atom. The van der Waals surface area contributed by atoms with Crippen LogP contribution in [0.25, 0.3) is 0 Å². The number of carbonyl (C=O) groups excluding carboxylic acids is 1. The van der Waals surface area contributed by atoms with E-state index in [2.05, 4.69) is 5.32 Å². The summed E-state index contributed by atoms with van der Waals surface area (Å²) in [5.41, 5.74) is -1.30. The number of likely N-dealkylation sites (tertiary alicyclic amines) is 1. The first-order chi connectivity index (χ1) is 9.52. The lowest BCUT2D eigenvalue weighted by Gasteiger charge is -2.27. The normalized spacial score (nSPS) is 39.9. The Kier molecular flexibility index (Phi) is 3.33. The average molecular weight is 284 g/mol. The van der Waals surface area contributed by atoms with Gasteiger partial charge in [-0.2, -0.15) is 0 Å². The zero-order chi connectivity index (χ0) is 14.3. The number of aliphatic hydroxyl groups excluding tert-OH is 1. The molecule has 0 aromatic carbocycles. The fourth-order valence-corrected chi connectivity index (χ4v) is 3.57. The molecule has 7 nitrogen and oxygen atoms in total. The molecule has 7 heteroatoms. The molecule has 0 radical (unpaired) electrons. The number of nitrogens with one attached hydrogen (secondary N) is 1. The van der Waals surface area contributed by atoms with E-state index in [4.69, 9.17) is 4.74 Å². The Morgan fingerprint density at radius 2 is 2.10 bits per heavy atom. The number of rotatable bonds is 2. The minimum Gasteiger partial charge on any atom is -0.479 e. The lowest BCUT2D eigenvalue weighted by Crippen LogP contribution is -2.58. The highest BCUT2D eigenvalue weighted by Gasteiger charge is 2.48. The quantitative estimate of drug-likeness (QED) is 0.643. The molecule has 2 amide bonds. The van der Waals surface area contributed by atoms with Crippen LogP contribution in [0.5, 0.6) is 0 Å². The molecule has 2 heterocycles. The number of aliphatic hydroxyl groups is 1. The second-order valence-electron chi connectivity index (χ2n) is 6.09. The molecular formula is C13H20N2O5. The second-order valence-corrected chi connectivity index (χ2v) is 6.09. The maximum atomic E-state index is 12.3. The van der Waals surface area contributed by atoms with Gasteiger partial charge in [0.25, 0.3) is 0 Å². The van der Waals surface area contributed by atoms with Crippen LogP contribution in [0, 0.1) is 11.8 Å². The van der Waals surface area contributed by atoms with Crippen molar-refractivity contribution in [3.8, 4) is 0 Å². The van der Waals surface area contributed by atoms with E-state index in [1.165, 1.54) is 0 Å². The number of carbonyl (C=O) groups is 2. The summed E-state index contributed by atoms with van der Waals surface area (Å²) in [6, 6.07) is -0.362. The number of fused-ring (bicyclic) bond motifs is 1. The maximum Gasteiger partial charge on any atom is 0.332 e. The molecule has 0 aromatic rings. The van der Waals surface area contributed by atoms with Crippen molar-refractivity contribution in [2.24, 2.45) is 11.8 Å². The van der Waals surface area contributed by atoms with Gasteiger partial charge in [0.1, 0.15) is 0 Å². The molecule has 3 N–H and O–H groups in total. The highest BCUT2D eigenvalue weighted by molar-refractivity contribution is 5.86. The molecule has 112 valence electrons. The SMILES string of the molecule is O=C(NC1(C(=O)O)CCOC1)N1CC2CCC(O)C2C1. The summed E-state index contributed by atoms with van der Waals surface area (Å²) in [6.07, 6.45) is 1.69. The van der Waals surface area contributed by atoms with Crippen LogP contribution in [-0.2, 0) is 9.53 Å². The summed E-state index contributed by atoms with van der Waals surface area (Å²) < 4.78 is 5.12. The van der Waals surface area contributed by atoms with Gasteiger partial charge in [0.15, 0.2) is 5.54 Å². The number of hydrogen-bond donors (Lipinski definition) is 3. The number of nitrogens with zero attached hydrogens (tertiary/aromatic N) is 1. The van der Waals surface area contributed by atoms with Gasteiger partial charge in [-0.15, -0.1) is 0 Å². The van der Waals surface area contributed by atoms with Crippen LogP contribution in [-0.4, -0.2) is 65.1 Å². The zero-order valence-electron chi connectivity index (χ0n) is 11.2. The molecule has 0 spiro atoms. The zero-order valence-corrected chi connectivity index (χ0v) is 11.2. The van der Waals surface area contributed by atoms with Crippen molar-refractivity contribution in [1.82, 2.24) is 10.2 Å². The molecule has 2 saturated heterocycles. The van der Waals surface area contributed by atoms with E-state index in [0.29, 0.717) is 25.6 Å². The number of aliphatic carboxylic acids is 1. The van der Waals surface area contributed by atoms with Crippen molar-refractivity contribution in [1.29, 1.82) is 0 Å². The molecule has 3 fully saturated rings. The monoisotopic (exact) mass is 284 g/mol. The fourth-order valence-electron chi connectivity index (χ4n) is 3.57. The van der Waals surface area contributed by atoms with Gasteiger partial charge >= 0.3 is 12.0 Å². The lowest BCUT2D eigenvalue weighted by molar-refractivity contribution is -0.144. The van der Waals surface area contributed by atoms with Gasteiger partial charge < -0.3 is 25.2 Å². The lowest BCUT2D eigenvalue weighted by atomic mass is 9.99. The Bertz CT molecular complexity index is 421. The van der Waals surface area contributed by atoms with Crippen molar-refractivity contribution in [3.63, 3.8) is 0 Å². The summed E-state index contributed by atoms with van der Waals surface area (Å²) in [5, 5.41) is 21.8. The Balaban J connectivity index is 1.64. The number of amides is 2. The Hall–Kier alpha value is -1.34. The largest absolute Gasteiger partial charge is 0.479 e. The van der Waals surface area contributed by atoms with Gasteiger partial charge in [0.05, 0.1) is 12.7 Å². The van der Waals surface area contributed by atoms with E-state index >= 15 is 0 Å². The molecule has 0 aromatic heterocycles. The van der Waals surface area contributed by atoms with Crippen molar-refractivity contribution < 1.29 is 24.5 Å². The van der Waals surface area contributed by atoms with Gasteiger partial charge in [-0.1, -0.05) is 0 Å². The molecule has 0 bridgehead atoms. The molecule has 1 saturated carbocycles. The van der Waals surface area contributed by atoms with E-state index in [1.54, 1.807) is 4.90 Å². The molecule has 1 aliphatic carbocycles. The van der Waals surface area contributed by atoms with Gasteiger partial charge in [-0.05, 0) is 18.8 Å². The fraction of sp³-hybridized carbons (Fsp3) is 0.846. The summed E-state index contributed by atoms with van der Waals surface area (Å²) in [6.45, 7) is 1.46. The van der Waals surface area contributed by atoms with E-state index in [-0.39, 0.29) is 31.1 Å². The van der Waals surface area contributed by atoms with Crippen LogP contribution in [0.1, 0.15) is 19.3 Å². The standard InChI is InChI=1S/C13H20N2O5/c16-10-2-1-8-5-15(6-9(8)10)12(19)14-13(11(17)18)3-4-20-7-13/h8-10,16H,1-7H2,(H,14,19)(H,17,18). The molecule has 2 aliphatic heterocycles. The minimum atomic E-state index is -1.30.